The van der Waals surface area contributed by atoms with E-state index >= 15 is 0 Å². The number of hydrogen-bond acceptors (Lipinski definition) is 6. The summed E-state index contributed by atoms with van der Waals surface area (Å²) in [5, 5.41) is 17.0. The monoisotopic (exact) mass is 555 g/mol. The first-order valence-electron chi connectivity index (χ1n) is 13.5. The topological polar surface area (TPSA) is 108 Å². The second-order valence-electron chi connectivity index (χ2n) is 10.8. The minimum absolute atomic E-state index is 0.241. The Labute approximate surface area is 235 Å². The first-order valence-corrected chi connectivity index (χ1v) is 14.6. The summed E-state index contributed by atoms with van der Waals surface area (Å²) in [6, 6.07) is 13.7. The van der Waals surface area contributed by atoms with Crippen molar-refractivity contribution in [3.8, 4) is 5.75 Å². The van der Waals surface area contributed by atoms with Crippen LogP contribution in [-0.2, 0) is 33.6 Å². The molecule has 8 nitrogen and oxygen atoms in total. The van der Waals surface area contributed by atoms with Gasteiger partial charge in [0.1, 0.15) is 11.8 Å². The SMILES string of the molecule is CCc1cccc(CC)c1OCC(=O)N[C@@H](Cc1ccccc1)[C@H](O)C(=O)N1CSC[C@H]1C(=O)NC(C)(C)C. The van der Waals surface area contributed by atoms with Crippen LogP contribution in [0.5, 0.6) is 5.75 Å². The summed E-state index contributed by atoms with van der Waals surface area (Å²) in [5.41, 5.74) is 2.45. The number of aliphatic hydroxyl groups is 1. The Balaban J connectivity index is 1.75. The van der Waals surface area contributed by atoms with Gasteiger partial charge in [-0.2, -0.15) is 0 Å². The number of ether oxygens (including phenoxy) is 1. The van der Waals surface area contributed by atoms with Gasteiger partial charge in [0, 0.05) is 11.3 Å². The number of hydrogen-bond donors (Lipinski definition) is 3. The summed E-state index contributed by atoms with van der Waals surface area (Å²) < 4.78 is 5.95. The molecule has 2 aromatic carbocycles. The molecule has 0 spiro atoms. The number of para-hydroxylation sites is 1. The molecule has 212 valence electrons. The van der Waals surface area contributed by atoms with Crippen LogP contribution in [0, 0.1) is 0 Å². The summed E-state index contributed by atoms with van der Waals surface area (Å²) in [6.07, 6.45) is 0.246. The molecule has 3 N–H and O–H groups in total. The third-order valence-corrected chi connectivity index (χ3v) is 7.54. The van der Waals surface area contributed by atoms with Gasteiger partial charge in [-0.3, -0.25) is 14.4 Å². The highest BCUT2D eigenvalue weighted by Gasteiger charge is 2.40. The Morgan fingerprint density at radius 1 is 1.05 bits per heavy atom. The number of carbonyl (C=O) groups excluding carboxylic acids is 3. The average molecular weight is 556 g/mol. The molecule has 1 fully saturated rings. The summed E-state index contributed by atoms with van der Waals surface area (Å²) in [6.45, 7) is 9.46. The predicted octanol–water partition coefficient (Wildman–Crippen LogP) is 3.09. The fourth-order valence-electron chi connectivity index (χ4n) is 4.55. The smallest absolute Gasteiger partial charge is 0.258 e. The second-order valence-corrected chi connectivity index (χ2v) is 11.8. The number of aryl methyl sites for hydroxylation is 2. The van der Waals surface area contributed by atoms with Crippen molar-refractivity contribution >= 4 is 29.5 Å². The van der Waals surface area contributed by atoms with Gasteiger partial charge in [0.05, 0.1) is 11.9 Å². The molecule has 39 heavy (non-hydrogen) atoms. The van der Waals surface area contributed by atoms with E-state index in [2.05, 4.69) is 10.6 Å². The predicted molar refractivity (Wildman–Crippen MR) is 155 cm³/mol. The van der Waals surface area contributed by atoms with Gasteiger partial charge >= 0.3 is 0 Å². The molecule has 1 saturated heterocycles. The van der Waals surface area contributed by atoms with Gasteiger partial charge in [0.15, 0.2) is 12.7 Å². The van der Waals surface area contributed by atoms with E-state index in [9.17, 15) is 19.5 Å². The molecule has 0 aromatic heterocycles. The maximum atomic E-state index is 13.5. The normalized spacial score (nSPS) is 16.9. The molecule has 1 heterocycles. The molecule has 9 heteroatoms. The summed E-state index contributed by atoms with van der Waals surface area (Å²) in [5.74, 6) is 0.165. The Morgan fingerprint density at radius 2 is 1.69 bits per heavy atom. The van der Waals surface area contributed by atoms with E-state index in [1.807, 2.05) is 83.1 Å². The zero-order valence-electron chi connectivity index (χ0n) is 23.5. The van der Waals surface area contributed by atoms with Crippen molar-refractivity contribution in [1.29, 1.82) is 0 Å². The number of nitrogens with one attached hydrogen (secondary N) is 2. The van der Waals surface area contributed by atoms with Crippen molar-refractivity contribution in [2.45, 2.75) is 77.6 Å². The lowest BCUT2D eigenvalue weighted by molar-refractivity contribution is -0.147. The average Bonchev–Trinajstić information content (AvgIpc) is 3.40. The largest absolute Gasteiger partial charge is 0.483 e. The van der Waals surface area contributed by atoms with Gasteiger partial charge in [-0.25, -0.2) is 0 Å². The van der Waals surface area contributed by atoms with Crippen LogP contribution < -0.4 is 15.4 Å². The van der Waals surface area contributed by atoms with Crippen molar-refractivity contribution in [2.75, 3.05) is 18.2 Å². The van der Waals surface area contributed by atoms with E-state index in [4.69, 9.17) is 4.74 Å². The molecule has 3 amide bonds. The Kier molecular flexibility index (Phi) is 10.8. The highest BCUT2D eigenvalue weighted by atomic mass is 32.2. The fourth-order valence-corrected chi connectivity index (χ4v) is 5.71. The van der Waals surface area contributed by atoms with Crippen molar-refractivity contribution in [3.05, 3.63) is 65.2 Å². The maximum Gasteiger partial charge on any atom is 0.258 e. The first kappa shape index (κ1) is 30.5. The standard InChI is InChI=1S/C30H41N3O5S/c1-6-21-14-11-15-22(7-2)27(21)38-17-25(34)31-23(16-20-12-9-8-10-13-20)26(35)29(37)33-19-39-18-24(33)28(36)32-30(3,4)5/h8-15,23-24,26,35H,6-7,16-19H2,1-5H3,(H,31,34)(H,32,36)/t23-,24-,26-/m0/s1. The first-order chi connectivity index (χ1) is 18.5. The summed E-state index contributed by atoms with van der Waals surface area (Å²) in [4.78, 5) is 40.8. The molecule has 0 bridgehead atoms. The van der Waals surface area contributed by atoms with E-state index in [-0.39, 0.29) is 18.9 Å². The van der Waals surface area contributed by atoms with Crippen LogP contribution in [0.25, 0.3) is 0 Å². The van der Waals surface area contributed by atoms with E-state index in [0.29, 0.717) is 17.4 Å². The summed E-state index contributed by atoms with van der Waals surface area (Å²) >= 11 is 1.46. The van der Waals surface area contributed by atoms with E-state index < -0.39 is 35.5 Å². The van der Waals surface area contributed by atoms with Crippen LogP contribution in [-0.4, -0.2) is 69.7 Å². The zero-order valence-corrected chi connectivity index (χ0v) is 24.3. The Bertz CT molecular complexity index is 1110. The van der Waals surface area contributed by atoms with Crippen LogP contribution in [0.15, 0.2) is 48.5 Å². The number of aliphatic hydroxyl groups excluding tert-OH is 1. The van der Waals surface area contributed by atoms with Gasteiger partial charge in [-0.15, -0.1) is 11.8 Å². The molecule has 3 atom stereocenters. The van der Waals surface area contributed by atoms with Crippen molar-refractivity contribution in [2.24, 2.45) is 0 Å². The van der Waals surface area contributed by atoms with Gasteiger partial charge < -0.3 is 25.4 Å². The third kappa shape index (κ3) is 8.47. The minimum Gasteiger partial charge on any atom is -0.483 e. The van der Waals surface area contributed by atoms with Crippen LogP contribution in [0.1, 0.15) is 51.3 Å². The lowest BCUT2D eigenvalue weighted by Gasteiger charge is -2.31. The second kappa shape index (κ2) is 13.8. The molecular weight excluding hydrogens is 514 g/mol. The van der Waals surface area contributed by atoms with E-state index in [1.54, 1.807) is 0 Å². The quantitative estimate of drug-likeness (QED) is 0.393. The lowest BCUT2D eigenvalue weighted by Crippen LogP contribution is -2.58. The Hall–Kier alpha value is -3.04. The number of thioether (sulfide) groups is 1. The molecule has 2 aromatic rings. The molecular formula is C30H41N3O5S. The molecule has 1 aliphatic heterocycles. The minimum atomic E-state index is -1.54. The Morgan fingerprint density at radius 3 is 2.28 bits per heavy atom. The van der Waals surface area contributed by atoms with Crippen molar-refractivity contribution < 1.29 is 24.2 Å². The van der Waals surface area contributed by atoms with Crippen LogP contribution in [0.2, 0.25) is 0 Å². The lowest BCUT2D eigenvalue weighted by atomic mass is 9.99. The van der Waals surface area contributed by atoms with Crippen molar-refractivity contribution in [3.63, 3.8) is 0 Å². The molecule has 0 saturated carbocycles. The van der Waals surface area contributed by atoms with Crippen LogP contribution >= 0.6 is 11.8 Å². The highest BCUT2D eigenvalue weighted by Crippen LogP contribution is 2.26. The van der Waals surface area contributed by atoms with Gasteiger partial charge in [-0.05, 0) is 56.7 Å². The van der Waals surface area contributed by atoms with Crippen LogP contribution in [0.4, 0.5) is 0 Å². The number of rotatable bonds is 11. The molecule has 0 radical (unpaired) electrons. The molecule has 1 aliphatic rings. The number of carbonyl (C=O) groups is 3. The zero-order chi connectivity index (χ0) is 28.6. The summed E-state index contributed by atoms with van der Waals surface area (Å²) in [7, 11) is 0. The fraction of sp³-hybridized carbons (Fsp3) is 0.500. The number of amides is 3. The number of benzene rings is 2. The third-order valence-electron chi connectivity index (χ3n) is 6.53. The van der Waals surface area contributed by atoms with Gasteiger partial charge in [-0.1, -0.05) is 62.4 Å². The number of nitrogens with zero attached hydrogens (tertiary/aromatic N) is 1. The van der Waals surface area contributed by atoms with Crippen LogP contribution in [0.3, 0.4) is 0 Å². The molecule has 0 unspecified atom stereocenters. The van der Waals surface area contributed by atoms with Gasteiger partial charge in [0.25, 0.3) is 11.8 Å². The molecule has 3 rings (SSSR count). The maximum absolute atomic E-state index is 13.5. The van der Waals surface area contributed by atoms with E-state index in [1.165, 1.54) is 16.7 Å². The highest BCUT2D eigenvalue weighted by molar-refractivity contribution is 7.99. The van der Waals surface area contributed by atoms with E-state index in [0.717, 1.165) is 29.5 Å². The molecule has 0 aliphatic carbocycles. The van der Waals surface area contributed by atoms with Gasteiger partial charge in [0.2, 0.25) is 5.91 Å². The van der Waals surface area contributed by atoms with Crippen molar-refractivity contribution in [1.82, 2.24) is 15.5 Å².